The fourth-order valence-electron chi connectivity index (χ4n) is 5.46. The zero-order valence-electron chi connectivity index (χ0n) is 28.3. The molecule has 0 saturated carbocycles. The molecule has 0 fully saturated rings. The summed E-state index contributed by atoms with van der Waals surface area (Å²) < 4.78 is 11.2. The summed E-state index contributed by atoms with van der Waals surface area (Å²) in [6.07, 6.45) is 27.4. The van der Waals surface area contributed by atoms with Crippen LogP contribution in [0.15, 0.2) is 0 Å². The number of rotatable bonds is 33. The van der Waals surface area contributed by atoms with Crippen molar-refractivity contribution in [2.24, 2.45) is 0 Å². The van der Waals surface area contributed by atoms with Gasteiger partial charge < -0.3 is 19.5 Å². The van der Waals surface area contributed by atoms with Crippen molar-refractivity contribution in [3.63, 3.8) is 0 Å². The molecule has 0 amide bonds. The Bertz CT molecular complexity index is 571. The van der Waals surface area contributed by atoms with Crippen LogP contribution in [0.25, 0.3) is 0 Å². The summed E-state index contributed by atoms with van der Waals surface area (Å²) in [6, 6.07) is 0. The highest BCUT2D eigenvalue weighted by Gasteiger charge is 2.14. The summed E-state index contributed by atoms with van der Waals surface area (Å²) in [6.45, 7) is 9.99. The van der Waals surface area contributed by atoms with Gasteiger partial charge in [0.15, 0.2) is 0 Å². The lowest BCUT2D eigenvalue weighted by atomic mass is 10.0. The van der Waals surface area contributed by atoms with E-state index in [1.165, 1.54) is 64.2 Å². The van der Waals surface area contributed by atoms with Gasteiger partial charge in [-0.2, -0.15) is 0 Å². The third-order valence-corrected chi connectivity index (χ3v) is 8.20. The maximum atomic E-state index is 12.6. The van der Waals surface area contributed by atoms with Crippen LogP contribution in [0.2, 0.25) is 0 Å². The summed E-state index contributed by atoms with van der Waals surface area (Å²) in [4.78, 5) is 26.7. The van der Waals surface area contributed by atoms with E-state index < -0.39 is 0 Å². The molecule has 0 aliphatic rings. The molecule has 42 heavy (non-hydrogen) atoms. The summed E-state index contributed by atoms with van der Waals surface area (Å²) in [5.74, 6) is -0.0741. The van der Waals surface area contributed by atoms with Crippen molar-refractivity contribution in [2.75, 3.05) is 32.8 Å². The quantitative estimate of drug-likeness (QED) is 0.0600. The zero-order chi connectivity index (χ0) is 30.9. The summed E-state index contributed by atoms with van der Waals surface area (Å²) in [7, 11) is 0. The first-order valence-electron chi connectivity index (χ1n) is 18.3. The Labute approximate surface area is 261 Å². The topological polar surface area (TPSA) is 76.1 Å². The highest BCUT2D eigenvalue weighted by molar-refractivity contribution is 5.69. The number of aliphatic hydroxyl groups is 1. The van der Waals surface area contributed by atoms with Crippen LogP contribution in [0.4, 0.5) is 0 Å². The van der Waals surface area contributed by atoms with Gasteiger partial charge >= 0.3 is 11.9 Å². The maximum absolute atomic E-state index is 12.6. The van der Waals surface area contributed by atoms with E-state index in [0.29, 0.717) is 26.0 Å². The second-order valence-electron chi connectivity index (χ2n) is 12.3. The van der Waals surface area contributed by atoms with Crippen LogP contribution >= 0.6 is 0 Å². The van der Waals surface area contributed by atoms with Gasteiger partial charge in [-0.15, -0.1) is 0 Å². The molecule has 0 heterocycles. The minimum atomic E-state index is -0.0468. The van der Waals surface area contributed by atoms with E-state index in [2.05, 4.69) is 25.7 Å². The van der Waals surface area contributed by atoms with Crippen molar-refractivity contribution in [3.8, 4) is 0 Å². The van der Waals surface area contributed by atoms with E-state index in [4.69, 9.17) is 9.47 Å². The van der Waals surface area contributed by atoms with Crippen LogP contribution in [-0.2, 0) is 19.1 Å². The summed E-state index contributed by atoms with van der Waals surface area (Å²) in [5, 5.41) is 9.49. The number of nitrogens with zero attached hydrogens (tertiary/aromatic N) is 1. The molecule has 0 saturated heterocycles. The Hall–Kier alpha value is -1.14. The molecule has 6 nitrogen and oxygen atoms in total. The average Bonchev–Trinajstić information content (AvgIpc) is 2.98. The Balaban J connectivity index is 4.04. The Kier molecular flexibility index (Phi) is 31.9. The van der Waals surface area contributed by atoms with Gasteiger partial charge in [-0.05, 0) is 70.9 Å². The maximum Gasteiger partial charge on any atom is 0.306 e. The third kappa shape index (κ3) is 29.0. The van der Waals surface area contributed by atoms with Gasteiger partial charge in [0, 0.05) is 19.4 Å². The molecule has 0 aromatic carbocycles. The number of aliphatic hydroxyl groups excluding tert-OH is 1. The van der Waals surface area contributed by atoms with Gasteiger partial charge in [-0.3, -0.25) is 9.59 Å². The van der Waals surface area contributed by atoms with Crippen molar-refractivity contribution < 1.29 is 24.2 Å². The number of ether oxygens (including phenoxy) is 2. The van der Waals surface area contributed by atoms with E-state index in [0.717, 1.165) is 96.6 Å². The van der Waals surface area contributed by atoms with Crippen molar-refractivity contribution >= 4 is 11.9 Å². The molecule has 0 unspecified atom stereocenters. The van der Waals surface area contributed by atoms with Gasteiger partial charge in [0.1, 0.15) is 6.10 Å². The third-order valence-electron chi connectivity index (χ3n) is 8.20. The smallest absolute Gasteiger partial charge is 0.306 e. The molecule has 1 N–H and O–H groups in total. The fraction of sp³-hybridized carbons (Fsp3) is 0.944. The number of hydrogen-bond donors (Lipinski definition) is 1. The van der Waals surface area contributed by atoms with E-state index >= 15 is 0 Å². The molecule has 0 spiro atoms. The van der Waals surface area contributed by atoms with Gasteiger partial charge in [-0.25, -0.2) is 0 Å². The molecule has 0 radical (unpaired) electrons. The molecule has 6 heteroatoms. The second kappa shape index (κ2) is 32.8. The Morgan fingerprint density at radius 2 is 1.00 bits per heavy atom. The number of hydrogen-bond acceptors (Lipinski definition) is 6. The van der Waals surface area contributed by atoms with Crippen molar-refractivity contribution in [1.29, 1.82) is 0 Å². The molecule has 250 valence electrons. The van der Waals surface area contributed by atoms with Crippen LogP contribution in [-0.4, -0.2) is 60.9 Å². The largest absolute Gasteiger partial charge is 0.466 e. The normalized spacial score (nSPS) is 11.5. The first kappa shape index (κ1) is 40.9. The molecule has 0 rings (SSSR count). The first-order valence-corrected chi connectivity index (χ1v) is 18.3. The highest BCUT2D eigenvalue weighted by atomic mass is 16.5. The first-order chi connectivity index (χ1) is 20.6. The van der Waals surface area contributed by atoms with Gasteiger partial charge in [0.05, 0.1) is 13.2 Å². The number of carbonyl (C=O) groups excluding carboxylic acids is 2. The minimum Gasteiger partial charge on any atom is -0.466 e. The number of esters is 2. The fourth-order valence-corrected chi connectivity index (χ4v) is 5.46. The monoisotopic (exact) mass is 598 g/mol. The molecule has 0 aliphatic heterocycles. The van der Waals surface area contributed by atoms with Gasteiger partial charge in [0.25, 0.3) is 0 Å². The predicted molar refractivity (Wildman–Crippen MR) is 177 cm³/mol. The van der Waals surface area contributed by atoms with Crippen LogP contribution in [0.5, 0.6) is 0 Å². The zero-order valence-corrected chi connectivity index (χ0v) is 28.3. The molecular weight excluding hydrogens is 526 g/mol. The Morgan fingerprint density at radius 3 is 1.60 bits per heavy atom. The molecule has 0 aromatic heterocycles. The van der Waals surface area contributed by atoms with E-state index in [1.54, 1.807) is 0 Å². The summed E-state index contributed by atoms with van der Waals surface area (Å²) in [5.41, 5.74) is 0. The number of unbranched alkanes of at least 4 members (excludes halogenated alkanes) is 16. The van der Waals surface area contributed by atoms with Crippen LogP contribution < -0.4 is 0 Å². The van der Waals surface area contributed by atoms with Crippen molar-refractivity contribution in [3.05, 3.63) is 0 Å². The number of carbonyl (C=O) groups is 2. The van der Waals surface area contributed by atoms with E-state index in [1.807, 2.05) is 0 Å². The summed E-state index contributed by atoms with van der Waals surface area (Å²) >= 11 is 0. The van der Waals surface area contributed by atoms with E-state index in [9.17, 15) is 14.7 Å². The Morgan fingerprint density at radius 1 is 0.548 bits per heavy atom. The highest BCUT2D eigenvalue weighted by Crippen LogP contribution is 2.17. The lowest BCUT2D eigenvalue weighted by molar-refractivity contribution is -0.150. The standard InChI is InChI=1S/C36H71NO5/c1-4-7-10-14-18-25-34(26-19-15-11-8-5-2)42-36(40)28-21-23-30-37(31-32-38)29-22-17-13-12-16-20-27-35(39)41-33-24-9-6-3/h34,38H,4-33H2,1-3H3. The van der Waals surface area contributed by atoms with Crippen molar-refractivity contribution in [2.45, 2.75) is 187 Å². The lowest BCUT2D eigenvalue weighted by Crippen LogP contribution is -2.29. The van der Waals surface area contributed by atoms with Crippen LogP contribution in [0, 0.1) is 0 Å². The predicted octanol–water partition coefficient (Wildman–Crippen LogP) is 9.55. The second-order valence-corrected chi connectivity index (χ2v) is 12.3. The van der Waals surface area contributed by atoms with Crippen LogP contribution in [0.3, 0.4) is 0 Å². The minimum absolute atomic E-state index is 0.0272. The lowest BCUT2D eigenvalue weighted by Gasteiger charge is -2.21. The molecule has 0 aliphatic carbocycles. The van der Waals surface area contributed by atoms with Gasteiger partial charge in [0.2, 0.25) is 0 Å². The van der Waals surface area contributed by atoms with Gasteiger partial charge in [-0.1, -0.05) is 111 Å². The van der Waals surface area contributed by atoms with Crippen molar-refractivity contribution in [1.82, 2.24) is 4.90 Å². The molecule has 0 atom stereocenters. The molecule has 0 aromatic rings. The van der Waals surface area contributed by atoms with E-state index in [-0.39, 0.29) is 24.6 Å². The SMILES string of the molecule is CCCCCCCC(CCCCCCC)OC(=O)CCCCN(CCO)CCCCCCCCC(=O)OCCCCC. The molecular formula is C36H71NO5. The van der Waals surface area contributed by atoms with Crippen LogP contribution in [0.1, 0.15) is 181 Å². The molecule has 0 bridgehead atoms. The average molecular weight is 598 g/mol.